The van der Waals surface area contributed by atoms with Gasteiger partial charge in [-0.2, -0.15) is 0 Å². The molecule has 5 rings (SSSR count). The first-order valence-electron chi connectivity index (χ1n) is 13.7. The van der Waals surface area contributed by atoms with E-state index in [1.165, 1.54) is 5.56 Å². The lowest BCUT2D eigenvalue weighted by molar-refractivity contribution is -0.119. The molecule has 1 aromatic heterocycles. The van der Waals surface area contributed by atoms with Gasteiger partial charge >= 0.3 is 6.03 Å². The molecule has 0 saturated heterocycles. The van der Waals surface area contributed by atoms with Crippen LogP contribution >= 0.6 is 0 Å². The third kappa shape index (κ3) is 5.32. The standard InChI is InChI=1S/C33H36N4O2/c1-5-6-18-35(33(39)34-27-17-16-24(3)25(4)21-27)22-31(38)37-29-14-8-7-13-28(29)36-19-10-15-30(36)32(37)26-12-9-11-23(2)20-26/h7-17,19-21,32H,5-6,18,22H2,1-4H3,(H,34,39). The van der Waals surface area contributed by atoms with Crippen LogP contribution in [-0.4, -0.2) is 34.5 Å². The zero-order chi connectivity index (χ0) is 27.5. The number of hydrogen-bond acceptors (Lipinski definition) is 2. The number of fused-ring (bicyclic) bond motifs is 3. The number of rotatable bonds is 7. The van der Waals surface area contributed by atoms with Crippen molar-refractivity contribution in [3.63, 3.8) is 0 Å². The third-order valence-electron chi connectivity index (χ3n) is 7.50. The molecule has 0 fully saturated rings. The van der Waals surface area contributed by atoms with Crippen LogP contribution in [0.1, 0.15) is 53.8 Å². The van der Waals surface area contributed by atoms with E-state index in [0.29, 0.717) is 6.54 Å². The zero-order valence-electron chi connectivity index (χ0n) is 23.1. The van der Waals surface area contributed by atoms with Crippen LogP contribution in [0.25, 0.3) is 5.69 Å². The Morgan fingerprint density at radius 1 is 0.872 bits per heavy atom. The largest absolute Gasteiger partial charge is 0.322 e. The van der Waals surface area contributed by atoms with Gasteiger partial charge in [0.2, 0.25) is 5.91 Å². The predicted molar refractivity (Wildman–Crippen MR) is 158 cm³/mol. The molecule has 39 heavy (non-hydrogen) atoms. The molecule has 0 bridgehead atoms. The molecule has 3 amide bonds. The number of carbonyl (C=O) groups excluding carboxylic acids is 2. The summed E-state index contributed by atoms with van der Waals surface area (Å²) in [7, 11) is 0. The summed E-state index contributed by atoms with van der Waals surface area (Å²) in [6, 6.07) is 25.7. The van der Waals surface area contributed by atoms with Crippen molar-refractivity contribution >= 4 is 23.3 Å². The minimum absolute atomic E-state index is 0.0198. The maximum atomic E-state index is 14.3. The van der Waals surface area contributed by atoms with Gasteiger partial charge in [0.05, 0.1) is 17.1 Å². The average Bonchev–Trinajstić information content (AvgIpc) is 3.42. The molecule has 200 valence electrons. The summed E-state index contributed by atoms with van der Waals surface area (Å²) in [6.45, 7) is 8.70. The number of amides is 3. The average molecular weight is 521 g/mol. The monoisotopic (exact) mass is 520 g/mol. The molecular formula is C33H36N4O2. The van der Waals surface area contributed by atoms with Crippen molar-refractivity contribution in [1.29, 1.82) is 0 Å². The maximum Gasteiger partial charge on any atom is 0.322 e. The smallest absolute Gasteiger partial charge is 0.316 e. The van der Waals surface area contributed by atoms with Gasteiger partial charge in [-0.3, -0.25) is 9.69 Å². The molecule has 0 radical (unpaired) electrons. The van der Waals surface area contributed by atoms with Crippen LogP contribution in [0.3, 0.4) is 0 Å². The first-order valence-corrected chi connectivity index (χ1v) is 13.7. The van der Waals surface area contributed by atoms with Crippen molar-refractivity contribution in [2.45, 2.75) is 46.6 Å². The predicted octanol–water partition coefficient (Wildman–Crippen LogP) is 7.17. The molecule has 3 aromatic carbocycles. The summed E-state index contributed by atoms with van der Waals surface area (Å²) in [5.74, 6) is -0.118. The molecule has 6 heteroatoms. The number of unbranched alkanes of at least 4 members (excludes halogenated alkanes) is 1. The van der Waals surface area contributed by atoms with Gasteiger partial charge in [-0.15, -0.1) is 0 Å². The molecule has 1 unspecified atom stereocenters. The van der Waals surface area contributed by atoms with Crippen molar-refractivity contribution in [2.24, 2.45) is 0 Å². The molecule has 0 saturated carbocycles. The fourth-order valence-electron chi connectivity index (χ4n) is 5.28. The Morgan fingerprint density at radius 2 is 1.67 bits per heavy atom. The van der Waals surface area contributed by atoms with Crippen molar-refractivity contribution in [3.05, 3.63) is 113 Å². The first-order chi connectivity index (χ1) is 18.9. The molecule has 6 nitrogen and oxygen atoms in total. The second kappa shape index (κ2) is 11.2. The SMILES string of the molecule is CCCCN(CC(=O)N1c2ccccc2-n2cccc2C1c1cccc(C)c1)C(=O)Nc1ccc(C)c(C)c1. The van der Waals surface area contributed by atoms with Gasteiger partial charge in [-0.05, 0) is 80.3 Å². The number of para-hydroxylation sites is 2. The van der Waals surface area contributed by atoms with Gasteiger partial charge < -0.3 is 14.8 Å². The van der Waals surface area contributed by atoms with Gasteiger partial charge in [0.25, 0.3) is 0 Å². The van der Waals surface area contributed by atoms with Gasteiger partial charge in [-0.1, -0.05) is 61.4 Å². The molecule has 1 N–H and O–H groups in total. The lowest BCUT2D eigenvalue weighted by atomic mass is 9.96. The lowest BCUT2D eigenvalue weighted by Crippen LogP contribution is -2.48. The van der Waals surface area contributed by atoms with E-state index in [2.05, 4.69) is 48.0 Å². The Hall–Kier alpha value is -4.32. The molecule has 1 atom stereocenters. The molecule has 1 aliphatic rings. The van der Waals surface area contributed by atoms with Crippen LogP contribution in [0.2, 0.25) is 0 Å². The van der Waals surface area contributed by atoms with Crippen molar-refractivity contribution < 1.29 is 9.59 Å². The van der Waals surface area contributed by atoms with Crippen LogP contribution in [0.5, 0.6) is 0 Å². The van der Waals surface area contributed by atoms with E-state index in [0.717, 1.165) is 52.3 Å². The number of aromatic nitrogens is 1. The number of hydrogen-bond donors (Lipinski definition) is 1. The Morgan fingerprint density at radius 3 is 2.41 bits per heavy atom. The number of benzene rings is 3. The van der Waals surface area contributed by atoms with Crippen LogP contribution in [0.4, 0.5) is 16.2 Å². The second-order valence-corrected chi connectivity index (χ2v) is 10.4. The lowest BCUT2D eigenvalue weighted by Gasteiger charge is -2.39. The normalized spacial score (nSPS) is 13.9. The molecular weight excluding hydrogens is 484 g/mol. The molecule has 2 heterocycles. The summed E-state index contributed by atoms with van der Waals surface area (Å²) < 4.78 is 2.16. The topological polar surface area (TPSA) is 57.6 Å². The van der Waals surface area contributed by atoms with Crippen molar-refractivity contribution in [3.8, 4) is 5.69 Å². The zero-order valence-corrected chi connectivity index (χ0v) is 23.1. The van der Waals surface area contributed by atoms with Gasteiger partial charge in [0, 0.05) is 18.4 Å². The number of nitrogens with zero attached hydrogens (tertiary/aromatic N) is 3. The van der Waals surface area contributed by atoms with E-state index in [4.69, 9.17) is 0 Å². The van der Waals surface area contributed by atoms with E-state index < -0.39 is 0 Å². The molecule has 0 aliphatic carbocycles. The minimum Gasteiger partial charge on any atom is -0.316 e. The third-order valence-corrected chi connectivity index (χ3v) is 7.50. The van der Waals surface area contributed by atoms with E-state index in [9.17, 15) is 9.59 Å². The number of aryl methyl sites for hydroxylation is 3. The quantitative estimate of drug-likeness (QED) is 0.281. The van der Waals surface area contributed by atoms with Gasteiger partial charge in [0.15, 0.2) is 0 Å². The first kappa shape index (κ1) is 26.3. The highest BCUT2D eigenvalue weighted by atomic mass is 16.2. The van der Waals surface area contributed by atoms with E-state index in [-0.39, 0.29) is 24.5 Å². The Kier molecular flexibility index (Phi) is 7.55. The number of nitrogens with one attached hydrogen (secondary N) is 1. The van der Waals surface area contributed by atoms with Crippen LogP contribution in [0, 0.1) is 20.8 Å². The number of carbonyl (C=O) groups is 2. The second-order valence-electron chi connectivity index (χ2n) is 10.4. The van der Waals surface area contributed by atoms with Crippen LogP contribution in [-0.2, 0) is 4.79 Å². The fourth-order valence-corrected chi connectivity index (χ4v) is 5.28. The fraction of sp³-hybridized carbons (Fsp3) is 0.273. The minimum atomic E-state index is -0.307. The van der Waals surface area contributed by atoms with Gasteiger partial charge in [-0.25, -0.2) is 4.79 Å². The summed E-state index contributed by atoms with van der Waals surface area (Å²) in [4.78, 5) is 31.3. The Labute approximate surface area is 230 Å². The van der Waals surface area contributed by atoms with Crippen LogP contribution < -0.4 is 10.2 Å². The number of anilines is 2. The summed E-state index contributed by atoms with van der Waals surface area (Å²) >= 11 is 0. The highest BCUT2D eigenvalue weighted by Crippen LogP contribution is 2.42. The van der Waals surface area contributed by atoms with E-state index in [1.807, 2.05) is 79.5 Å². The summed E-state index contributed by atoms with van der Waals surface area (Å²) in [5, 5.41) is 3.02. The highest BCUT2D eigenvalue weighted by Gasteiger charge is 2.37. The van der Waals surface area contributed by atoms with Crippen molar-refractivity contribution in [2.75, 3.05) is 23.3 Å². The maximum absolute atomic E-state index is 14.3. The van der Waals surface area contributed by atoms with E-state index in [1.54, 1.807) is 4.90 Å². The van der Waals surface area contributed by atoms with Crippen LogP contribution in [0.15, 0.2) is 85.1 Å². The summed E-state index contributed by atoms with van der Waals surface area (Å²) in [5.41, 5.74) is 7.99. The highest BCUT2D eigenvalue weighted by molar-refractivity contribution is 6.01. The van der Waals surface area contributed by atoms with Crippen molar-refractivity contribution in [1.82, 2.24) is 9.47 Å². The Balaban J connectivity index is 1.50. The molecule has 4 aromatic rings. The van der Waals surface area contributed by atoms with E-state index >= 15 is 0 Å². The summed E-state index contributed by atoms with van der Waals surface area (Å²) in [6.07, 6.45) is 3.78. The number of urea groups is 1. The molecule has 0 spiro atoms. The molecule has 1 aliphatic heterocycles. The Bertz CT molecular complexity index is 1510. The van der Waals surface area contributed by atoms with Gasteiger partial charge in [0.1, 0.15) is 12.6 Å².